The number of thiazole rings is 2. The molecule has 2 heterocycles. The fourth-order valence-corrected chi connectivity index (χ4v) is 6.44. The molecule has 2 aromatic heterocycles. The predicted molar refractivity (Wildman–Crippen MR) is 132 cm³/mol. The summed E-state index contributed by atoms with van der Waals surface area (Å²) in [5, 5.41) is 8.86. The summed E-state index contributed by atoms with van der Waals surface area (Å²) in [6.45, 7) is 5.10. The van der Waals surface area contributed by atoms with E-state index < -0.39 is 20.6 Å². The molecule has 0 amide bonds. The van der Waals surface area contributed by atoms with Crippen LogP contribution in [-0.2, 0) is 33.7 Å². The van der Waals surface area contributed by atoms with Crippen LogP contribution in [0.3, 0.4) is 0 Å². The number of aryl methyl sites for hydroxylation is 2. The van der Waals surface area contributed by atoms with Crippen molar-refractivity contribution >= 4 is 75.1 Å². The van der Waals surface area contributed by atoms with Crippen molar-refractivity contribution in [1.29, 1.82) is 0 Å². The van der Waals surface area contributed by atoms with E-state index in [1.165, 1.54) is 22.7 Å². The number of fused-ring (bicyclic) bond motifs is 2. The molecular formula is C18H20N6O6S4. The molecule has 0 bridgehead atoms. The van der Waals surface area contributed by atoms with Gasteiger partial charge in [0.15, 0.2) is 0 Å². The number of hydrogen-bond acceptors (Lipinski definition) is 8. The van der Waals surface area contributed by atoms with Crippen LogP contribution < -0.4 is 19.0 Å². The molecule has 0 radical (unpaired) electrons. The lowest BCUT2D eigenvalue weighted by Gasteiger charge is -2.03. The van der Waals surface area contributed by atoms with Gasteiger partial charge in [-0.15, -0.1) is 10.2 Å². The monoisotopic (exact) mass is 544 g/mol. The van der Waals surface area contributed by atoms with Gasteiger partial charge in [0, 0.05) is 13.1 Å². The number of nitrogens with zero attached hydrogens (tertiary/aromatic N) is 4. The Bertz CT molecular complexity index is 1610. The van der Waals surface area contributed by atoms with Gasteiger partial charge in [-0.25, -0.2) is 0 Å². The van der Waals surface area contributed by atoms with Gasteiger partial charge >= 0.3 is 20.6 Å². The van der Waals surface area contributed by atoms with E-state index in [1.807, 2.05) is 32.4 Å². The molecule has 0 saturated heterocycles. The lowest BCUT2D eigenvalue weighted by Crippen LogP contribution is -2.16. The molecule has 0 unspecified atom stereocenters. The van der Waals surface area contributed by atoms with Crippen molar-refractivity contribution < 1.29 is 25.9 Å². The highest BCUT2D eigenvalue weighted by Crippen LogP contribution is 2.24. The highest BCUT2D eigenvalue weighted by Gasteiger charge is 2.11. The van der Waals surface area contributed by atoms with Gasteiger partial charge in [0.05, 0.1) is 31.8 Å². The first-order chi connectivity index (χ1) is 16.0. The number of hydrogen-bond donors (Lipinski definition) is 4. The van der Waals surface area contributed by atoms with E-state index in [0.29, 0.717) is 22.7 Å². The van der Waals surface area contributed by atoms with Crippen LogP contribution >= 0.6 is 22.7 Å². The van der Waals surface area contributed by atoms with E-state index in [9.17, 15) is 16.8 Å². The van der Waals surface area contributed by atoms with Gasteiger partial charge in [0.2, 0.25) is 9.60 Å². The Morgan fingerprint density at radius 3 is 1.47 bits per heavy atom. The minimum Gasteiger partial charge on any atom is -0.315 e. The molecule has 0 saturated carbocycles. The third-order valence-electron chi connectivity index (χ3n) is 4.71. The van der Waals surface area contributed by atoms with Gasteiger partial charge in [-0.05, 0) is 50.2 Å². The summed E-state index contributed by atoms with van der Waals surface area (Å²) in [4.78, 5) is 1.19. The van der Waals surface area contributed by atoms with Crippen molar-refractivity contribution in [2.45, 2.75) is 26.9 Å². The van der Waals surface area contributed by atoms with Gasteiger partial charge in [0.1, 0.15) is 0 Å². The number of nitrogens with one attached hydrogen (secondary N) is 2. The summed E-state index contributed by atoms with van der Waals surface area (Å²) < 4.78 is 71.9. The maximum atomic E-state index is 11.1. The molecule has 0 aliphatic rings. The van der Waals surface area contributed by atoms with Crippen LogP contribution in [0.2, 0.25) is 0 Å². The maximum Gasteiger partial charge on any atom is 0.357 e. The van der Waals surface area contributed by atoms with Crippen molar-refractivity contribution in [3.63, 3.8) is 0 Å². The number of aromatic nitrogens is 2. The summed E-state index contributed by atoms with van der Waals surface area (Å²) in [6.07, 6.45) is 0. The van der Waals surface area contributed by atoms with Gasteiger partial charge in [-0.2, -0.15) is 16.8 Å². The number of rotatable bonds is 7. The highest BCUT2D eigenvalue weighted by molar-refractivity contribution is 7.87. The topological polar surface area (TPSA) is 167 Å². The van der Waals surface area contributed by atoms with E-state index in [4.69, 9.17) is 9.11 Å². The van der Waals surface area contributed by atoms with E-state index >= 15 is 0 Å². The summed E-state index contributed by atoms with van der Waals surface area (Å²) >= 11 is 2.63. The molecule has 16 heteroatoms. The molecule has 4 aromatic rings. The molecule has 0 spiro atoms. The Morgan fingerprint density at radius 2 is 1.15 bits per heavy atom. The Labute approximate surface area is 202 Å². The Hall–Kier alpha value is -2.76. The van der Waals surface area contributed by atoms with Crippen LogP contribution in [0.25, 0.3) is 20.4 Å². The molecule has 0 fully saturated rings. The van der Waals surface area contributed by atoms with Crippen LogP contribution in [-0.4, -0.2) is 35.1 Å². The van der Waals surface area contributed by atoms with Crippen molar-refractivity contribution in [2.24, 2.45) is 10.2 Å². The van der Waals surface area contributed by atoms with Crippen molar-refractivity contribution in [3.05, 3.63) is 46.0 Å². The van der Waals surface area contributed by atoms with Crippen LogP contribution in [0, 0.1) is 0 Å². The fourth-order valence-electron chi connectivity index (χ4n) is 3.42. The summed E-state index contributed by atoms with van der Waals surface area (Å²) in [5.41, 5.74) is 2.13. The van der Waals surface area contributed by atoms with Gasteiger partial charge in [0.25, 0.3) is 0 Å². The van der Waals surface area contributed by atoms with Crippen molar-refractivity contribution in [3.8, 4) is 0 Å². The van der Waals surface area contributed by atoms with E-state index in [0.717, 1.165) is 20.4 Å². The molecule has 12 nitrogen and oxygen atoms in total. The first kappa shape index (κ1) is 24.4. The van der Waals surface area contributed by atoms with E-state index in [2.05, 4.69) is 10.2 Å². The normalized spacial score (nSPS) is 13.8. The van der Waals surface area contributed by atoms with Crippen LogP contribution in [0.15, 0.2) is 46.6 Å². The first-order valence-electron chi connectivity index (χ1n) is 9.82. The largest absolute Gasteiger partial charge is 0.357 e. The van der Waals surface area contributed by atoms with Gasteiger partial charge in [-0.3, -0.25) is 18.5 Å². The average Bonchev–Trinajstić information content (AvgIpc) is 3.25. The molecule has 0 aliphatic carbocycles. The van der Waals surface area contributed by atoms with Crippen LogP contribution in [0.5, 0.6) is 0 Å². The third-order valence-corrected chi connectivity index (χ3v) is 7.76. The first-order valence-corrected chi connectivity index (χ1v) is 14.3. The molecule has 0 aliphatic heterocycles. The minimum absolute atomic E-state index is 0.227. The predicted octanol–water partition coefficient (Wildman–Crippen LogP) is 2.60. The number of benzene rings is 2. The highest BCUT2D eigenvalue weighted by atomic mass is 32.2. The lowest BCUT2D eigenvalue weighted by molar-refractivity contribution is 0.487. The molecule has 0 atom stereocenters. The summed E-state index contributed by atoms with van der Waals surface area (Å²) in [6, 6.07) is 9.77. The quantitative estimate of drug-likeness (QED) is 0.206. The lowest BCUT2D eigenvalue weighted by atomic mass is 10.3. The second-order valence-corrected chi connectivity index (χ2v) is 11.3. The second-order valence-electron chi connectivity index (χ2n) is 6.98. The fraction of sp³-hybridized carbons (Fsp3) is 0.222. The van der Waals surface area contributed by atoms with Gasteiger partial charge < -0.3 is 9.13 Å². The van der Waals surface area contributed by atoms with Crippen molar-refractivity contribution in [1.82, 2.24) is 9.13 Å². The zero-order valence-corrected chi connectivity index (χ0v) is 21.1. The zero-order chi connectivity index (χ0) is 24.7. The summed E-state index contributed by atoms with van der Waals surface area (Å²) in [5.74, 6) is 0. The standard InChI is InChI=1S/C18H20N6O6S4/c1-3-23-13-7-5-11(21-33(25,26)27)9-15(13)31-17(23)19-20-18-24(4-2)14-8-6-12(10-16(14)32-18)22-34(28,29)30/h5-10,21-22H,3-4H2,1-2H3,(H,25,26,27)(H,28,29,30). The van der Waals surface area contributed by atoms with Gasteiger partial charge in [-0.1, -0.05) is 22.7 Å². The molecule has 182 valence electrons. The third kappa shape index (κ3) is 5.31. The maximum absolute atomic E-state index is 11.1. The van der Waals surface area contributed by atoms with E-state index in [1.54, 1.807) is 36.4 Å². The zero-order valence-electron chi connectivity index (χ0n) is 17.8. The van der Waals surface area contributed by atoms with E-state index in [-0.39, 0.29) is 11.4 Å². The van der Waals surface area contributed by atoms with Crippen LogP contribution in [0.4, 0.5) is 11.4 Å². The second kappa shape index (κ2) is 9.12. The SMILES string of the molecule is CCn1c(=NN=c2sc3cc(NS(=O)(=O)O)ccc3n2CC)sc2cc(NS(=O)(=O)O)ccc21. The summed E-state index contributed by atoms with van der Waals surface area (Å²) in [7, 11) is -8.76. The smallest absolute Gasteiger partial charge is 0.315 e. The Morgan fingerprint density at radius 1 is 0.765 bits per heavy atom. The van der Waals surface area contributed by atoms with Crippen LogP contribution in [0.1, 0.15) is 13.8 Å². The average molecular weight is 545 g/mol. The minimum atomic E-state index is -4.38. The molecule has 2 aromatic carbocycles. The molecule has 34 heavy (non-hydrogen) atoms. The molecule has 4 N–H and O–H groups in total. The Balaban J connectivity index is 1.83. The molecular weight excluding hydrogens is 525 g/mol. The number of anilines is 2. The Kier molecular flexibility index (Phi) is 6.54. The molecule has 4 rings (SSSR count). The van der Waals surface area contributed by atoms with Crippen molar-refractivity contribution in [2.75, 3.05) is 9.44 Å².